The molecule has 114 valence electrons. The smallest absolute Gasteiger partial charge is 0.138 e. The van der Waals surface area contributed by atoms with Gasteiger partial charge in [-0.3, -0.25) is 4.90 Å². The largest absolute Gasteiger partial charge is 0.367 e. The lowest BCUT2D eigenvalue weighted by Crippen LogP contribution is -2.30. The maximum absolute atomic E-state index is 4.43. The SMILES string of the molecule is c1csc(C(CNc2ncnc3sccc23)N2CCCC2)c1. The Morgan fingerprint density at radius 3 is 2.86 bits per heavy atom. The number of likely N-dealkylation sites (tertiary alicyclic amines) is 1. The Kier molecular flexibility index (Phi) is 4.05. The van der Waals surface area contributed by atoms with Crippen molar-refractivity contribution >= 4 is 38.7 Å². The minimum atomic E-state index is 0.436. The number of anilines is 1. The number of hydrogen-bond acceptors (Lipinski definition) is 6. The third-order valence-corrected chi connectivity index (χ3v) is 5.97. The molecule has 0 aromatic carbocycles. The third kappa shape index (κ3) is 2.74. The monoisotopic (exact) mass is 330 g/mol. The van der Waals surface area contributed by atoms with Crippen molar-refractivity contribution in [3.05, 3.63) is 40.2 Å². The van der Waals surface area contributed by atoms with E-state index >= 15 is 0 Å². The van der Waals surface area contributed by atoms with Crippen molar-refractivity contribution in [1.82, 2.24) is 14.9 Å². The molecule has 1 unspecified atom stereocenters. The molecule has 0 amide bonds. The van der Waals surface area contributed by atoms with Crippen molar-refractivity contribution in [2.45, 2.75) is 18.9 Å². The van der Waals surface area contributed by atoms with E-state index in [1.54, 1.807) is 17.7 Å². The molecule has 6 heteroatoms. The van der Waals surface area contributed by atoms with Gasteiger partial charge in [-0.2, -0.15) is 0 Å². The fourth-order valence-electron chi connectivity index (χ4n) is 3.07. The number of nitrogens with zero attached hydrogens (tertiary/aromatic N) is 3. The van der Waals surface area contributed by atoms with Crippen LogP contribution in [0.15, 0.2) is 35.3 Å². The molecule has 1 saturated heterocycles. The summed E-state index contributed by atoms with van der Waals surface area (Å²) in [6.07, 6.45) is 4.27. The van der Waals surface area contributed by atoms with Crippen LogP contribution in [0.25, 0.3) is 10.2 Å². The maximum atomic E-state index is 4.43. The highest BCUT2D eigenvalue weighted by molar-refractivity contribution is 7.16. The van der Waals surface area contributed by atoms with Crippen molar-refractivity contribution in [2.75, 3.05) is 25.0 Å². The first-order valence-electron chi connectivity index (χ1n) is 7.61. The van der Waals surface area contributed by atoms with E-state index in [1.165, 1.54) is 30.8 Å². The van der Waals surface area contributed by atoms with Gasteiger partial charge in [0.25, 0.3) is 0 Å². The summed E-state index contributed by atoms with van der Waals surface area (Å²) in [6.45, 7) is 3.28. The zero-order valence-electron chi connectivity index (χ0n) is 12.2. The van der Waals surface area contributed by atoms with Crippen LogP contribution in [0.2, 0.25) is 0 Å². The summed E-state index contributed by atoms with van der Waals surface area (Å²) in [5.41, 5.74) is 0. The van der Waals surface area contributed by atoms with E-state index in [9.17, 15) is 0 Å². The number of nitrogens with one attached hydrogen (secondary N) is 1. The molecule has 0 bridgehead atoms. The van der Waals surface area contributed by atoms with Gasteiger partial charge in [0, 0.05) is 11.4 Å². The topological polar surface area (TPSA) is 41.1 Å². The predicted molar refractivity (Wildman–Crippen MR) is 93.8 cm³/mol. The van der Waals surface area contributed by atoms with Crippen LogP contribution in [0.1, 0.15) is 23.8 Å². The number of fused-ring (bicyclic) bond motifs is 1. The lowest BCUT2D eigenvalue weighted by Gasteiger charge is -2.27. The second-order valence-electron chi connectivity index (χ2n) is 5.52. The van der Waals surface area contributed by atoms with Crippen LogP contribution in [0.3, 0.4) is 0 Å². The van der Waals surface area contributed by atoms with Crippen LogP contribution in [0.5, 0.6) is 0 Å². The van der Waals surface area contributed by atoms with E-state index in [-0.39, 0.29) is 0 Å². The maximum Gasteiger partial charge on any atom is 0.138 e. The van der Waals surface area contributed by atoms with E-state index < -0.39 is 0 Å². The number of aromatic nitrogens is 2. The number of rotatable bonds is 5. The first-order valence-corrected chi connectivity index (χ1v) is 9.37. The Labute approximate surface area is 137 Å². The fourth-order valence-corrected chi connectivity index (χ4v) is 4.66. The van der Waals surface area contributed by atoms with Crippen molar-refractivity contribution in [3.8, 4) is 0 Å². The molecule has 0 spiro atoms. The molecular formula is C16H18N4S2. The molecular weight excluding hydrogens is 312 g/mol. The highest BCUT2D eigenvalue weighted by atomic mass is 32.1. The fraction of sp³-hybridized carbons (Fsp3) is 0.375. The van der Waals surface area contributed by atoms with E-state index in [1.807, 2.05) is 11.3 Å². The highest BCUT2D eigenvalue weighted by Crippen LogP contribution is 2.30. The first-order chi connectivity index (χ1) is 10.9. The summed E-state index contributed by atoms with van der Waals surface area (Å²) < 4.78 is 0. The van der Waals surface area contributed by atoms with Crippen molar-refractivity contribution in [3.63, 3.8) is 0 Å². The molecule has 3 aromatic heterocycles. The molecule has 22 heavy (non-hydrogen) atoms. The second kappa shape index (κ2) is 6.32. The van der Waals surface area contributed by atoms with E-state index in [2.05, 4.69) is 49.1 Å². The van der Waals surface area contributed by atoms with Gasteiger partial charge in [0.15, 0.2) is 0 Å². The summed E-state index contributed by atoms with van der Waals surface area (Å²) in [4.78, 5) is 13.8. The van der Waals surface area contributed by atoms with Gasteiger partial charge in [-0.15, -0.1) is 22.7 Å². The van der Waals surface area contributed by atoms with Crippen LogP contribution < -0.4 is 5.32 Å². The molecule has 1 aliphatic rings. The van der Waals surface area contributed by atoms with Crippen LogP contribution in [0, 0.1) is 0 Å². The van der Waals surface area contributed by atoms with Gasteiger partial charge in [0.1, 0.15) is 17.0 Å². The average molecular weight is 330 g/mol. The quantitative estimate of drug-likeness (QED) is 0.767. The van der Waals surface area contributed by atoms with Crippen LogP contribution >= 0.6 is 22.7 Å². The minimum absolute atomic E-state index is 0.436. The highest BCUT2D eigenvalue weighted by Gasteiger charge is 2.24. The molecule has 1 aliphatic heterocycles. The van der Waals surface area contributed by atoms with Crippen molar-refractivity contribution in [1.29, 1.82) is 0 Å². The Bertz CT molecular complexity index is 732. The number of hydrogen-bond donors (Lipinski definition) is 1. The summed E-state index contributed by atoms with van der Waals surface area (Å²) in [5.74, 6) is 0.951. The van der Waals surface area contributed by atoms with E-state index in [4.69, 9.17) is 0 Å². The molecule has 0 saturated carbocycles. The van der Waals surface area contributed by atoms with Gasteiger partial charge in [0.2, 0.25) is 0 Å². The molecule has 0 aliphatic carbocycles. The van der Waals surface area contributed by atoms with Crippen LogP contribution in [0.4, 0.5) is 5.82 Å². The summed E-state index contributed by atoms with van der Waals surface area (Å²) in [5, 5.41) is 8.92. The van der Waals surface area contributed by atoms with Gasteiger partial charge < -0.3 is 5.32 Å². The molecule has 0 radical (unpaired) electrons. The lowest BCUT2D eigenvalue weighted by molar-refractivity contribution is 0.259. The summed E-state index contributed by atoms with van der Waals surface area (Å²) in [7, 11) is 0. The standard InChI is InChI=1S/C16H18N4S2/c1-2-7-20(6-1)13(14-4-3-8-21-14)10-17-15-12-5-9-22-16(12)19-11-18-15/h3-5,8-9,11,13H,1-2,6-7,10H2,(H,17,18,19). The van der Waals surface area contributed by atoms with Gasteiger partial charge in [-0.1, -0.05) is 6.07 Å². The third-order valence-electron chi connectivity index (χ3n) is 4.18. The molecule has 4 rings (SSSR count). The molecule has 1 fully saturated rings. The summed E-state index contributed by atoms with van der Waals surface area (Å²) in [6, 6.07) is 6.92. The second-order valence-corrected chi connectivity index (χ2v) is 7.39. The minimum Gasteiger partial charge on any atom is -0.367 e. The van der Waals surface area contributed by atoms with Crippen LogP contribution in [-0.4, -0.2) is 34.5 Å². The Morgan fingerprint density at radius 1 is 1.14 bits per heavy atom. The van der Waals surface area contributed by atoms with Gasteiger partial charge >= 0.3 is 0 Å². The van der Waals surface area contributed by atoms with Crippen molar-refractivity contribution in [2.24, 2.45) is 0 Å². The van der Waals surface area contributed by atoms with E-state index in [0.717, 1.165) is 22.6 Å². The Balaban J connectivity index is 1.55. The van der Waals surface area contributed by atoms with Gasteiger partial charge in [-0.25, -0.2) is 9.97 Å². The lowest BCUT2D eigenvalue weighted by atomic mass is 10.2. The van der Waals surface area contributed by atoms with Gasteiger partial charge in [0.05, 0.1) is 11.4 Å². The number of thiophene rings is 2. The average Bonchev–Trinajstić information content (AvgIpc) is 3.30. The molecule has 1 atom stereocenters. The van der Waals surface area contributed by atoms with E-state index in [0.29, 0.717) is 6.04 Å². The Morgan fingerprint density at radius 2 is 2.05 bits per heavy atom. The first kappa shape index (κ1) is 14.1. The normalized spacial score (nSPS) is 17.1. The predicted octanol–water partition coefficient (Wildman–Crippen LogP) is 4.00. The molecule has 3 aromatic rings. The Hall–Kier alpha value is -1.50. The molecule has 1 N–H and O–H groups in total. The van der Waals surface area contributed by atoms with Crippen LogP contribution in [-0.2, 0) is 0 Å². The summed E-state index contributed by atoms with van der Waals surface area (Å²) >= 11 is 3.51. The van der Waals surface area contributed by atoms with Crippen molar-refractivity contribution < 1.29 is 0 Å². The molecule has 4 heterocycles. The molecule has 4 nitrogen and oxygen atoms in total. The van der Waals surface area contributed by atoms with Gasteiger partial charge in [-0.05, 0) is 48.8 Å². The zero-order valence-corrected chi connectivity index (χ0v) is 13.9. The zero-order chi connectivity index (χ0) is 14.8.